The number of hydrogen-bond donors (Lipinski definition) is 0. The fourth-order valence-corrected chi connectivity index (χ4v) is 6.94. The summed E-state index contributed by atoms with van der Waals surface area (Å²) >= 11 is 0. The van der Waals surface area contributed by atoms with Crippen LogP contribution in [0.2, 0.25) is 0 Å². The monoisotopic (exact) mass is 607 g/mol. The predicted molar refractivity (Wildman–Crippen MR) is 176 cm³/mol. The zero-order valence-corrected chi connectivity index (χ0v) is 26.9. The largest absolute Gasteiger partial charge is 0.493 e. The lowest BCUT2D eigenvalue weighted by atomic mass is 9.76. The normalized spacial score (nSPS) is 17.8. The fourth-order valence-electron chi connectivity index (χ4n) is 6.94. The van der Waals surface area contributed by atoms with Crippen LogP contribution in [-0.4, -0.2) is 29.2 Å². The molecule has 240 valence electrons. The number of nitrogens with zero attached hydrogens (tertiary/aromatic N) is 3. The van der Waals surface area contributed by atoms with Gasteiger partial charge in [-0.3, -0.25) is 20.2 Å². The number of para-hydroxylation sites is 1. The average Bonchev–Trinajstić information content (AvgIpc) is 3.18. The van der Waals surface area contributed by atoms with Gasteiger partial charge in [-0.2, -0.15) is 0 Å². The standard InChI is InChI=1S/C35H49N3O6/c1-5-6-7-8-9-10-11-12-13-14-15-16-17-20-25-36-29-22-19-18-21-28(29)34(2,3)35(36)24-23-27-32(38(41)42)30(37(39)40)26-31(43-4)33(27)44-35/h18-19,21-24,26H,5-17,20,25H2,1-4H3. The highest BCUT2D eigenvalue weighted by molar-refractivity contribution is 5.82. The van der Waals surface area contributed by atoms with Crippen LogP contribution in [0.15, 0.2) is 36.4 Å². The van der Waals surface area contributed by atoms with Crippen molar-refractivity contribution >= 4 is 23.1 Å². The van der Waals surface area contributed by atoms with Gasteiger partial charge in [-0.25, -0.2) is 0 Å². The Kier molecular flexibility index (Phi) is 11.3. The van der Waals surface area contributed by atoms with E-state index in [-0.39, 0.29) is 17.1 Å². The summed E-state index contributed by atoms with van der Waals surface area (Å²) < 4.78 is 12.3. The van der Waals surface area contributed by atoms with E-state index in [4.69, 9.17) is 9.47 Å². The van der Waals surface area contributed by atoms with Gasteiger partial charge < -0.3 is 14.4 Å². The molecule has 2 aromatic carbocycles. The third kappa shape index (κ3) is 6.71. The van der Waals surface area contributed by atoms with Gasteiger partial charge in [0.1, 0.15) is 5.56 Å². The predicted octanol–water partition coefficient (Wildman–Crippen LogP) is 9.89. The van der Waals surface area contributed by atoms with Crippen LogP contribution in [0.5, 0.6) is 11.5 Å². The fraction of sp³-hybridized carbons (Fsp3) is 0.600. The molecule has 9 heteroatoms. The second kappa shape index (κ2) is 14.9. The topological polar surface area (TPSA) is 108 Å². The van der Waals surface area contributed by atoms with E-state index in [1.54, 1.807) is 6.08 Å². The molecular weight excluding hydrogens is 558 g/mol. The maximum Gasteiger partial charge on any atom is 0.357 e. The molecular formula is C35H49N3O6. The number of ether oxygens (including phenoxy) is 2. The van der Waals surface area contributed by atoms with Gasteiger partial charge in [0.2, 0.25) is 5.72 Å². The summed E-state index contributed by atoms with van der Waals surface area (Å²) in [5.74, 6) is 0.253. The second-order valence-corrected chi connectivity index (χ2v) is 12.7. The molecule has 0 radical (unpaired) electrons. The van der Waals surface area contributed by atoms with Gasteiger partial charge in [0, 0.05) is 12.2 Å². The van der Waals surface area contributed by atoms with Crippen LogP contribution in [-0.2, 0) is 5.41 Å². The first kappa shape index (κ1) is 33.3. The summed E-state index contributed by atoms with van der Waals surface area (Å²) in [6, 6.07) is 9.32. The minimum atomic E-state index is -0.989. The summed E-state index contributed by atoms with van der Waals surface area (Å²) in [6.45, 7) is 7.23. The molecule has 9 nitrogen and oxygen atoms in total. The lowest BCUT2D eigenvalue weighted by Gasteiger charge is -2.47. The SMILES string of the molecule is CCCCCCCCCCCCCCCCN1c2ccccc2C(C)(C)C12C=Cc1c(c(OC)cc([N+](=O)[O-])c1[N+](=O)[O-])O2. The molecule has 2 heterocycles. The quantitative estimate of drug-likeness (QED) is 0.0942. The van der Waals surface area contributed by atoms with Crippen molar-refractivity contribution in [3.05, 3.63) is 67.8 Å². The summed E-state index contributed by atoms with van der Waals surface area (Å²) in [7, 11) is 1.39. The van der Waals surface area contributed by atoms with Crippen LogP contribution in [0.1, 0.15) is 122 Å². The Morgan fingerprint density at radius 3 is 1.95 bits per heavy atom. The number of methoxy groups -OCH3 is 1. The minimum Gasteiger partial charge on any atom is -0.493 e. The number of hydrogen-bond acceptors (Lipinski definition) is 7. The molecule has 0 bridgehead atoms. The molecule has 0 fully saturated rings. The molecule has 2 aromatic rings. The lowest BCUT2D eigenvalue weighted by Crippen LogP contribution is -2.59. The third-order valence-corrected chi connectivity index (χ3v) is 9.47. The van der Waals surface area contributed by atoms with Crippen molar-refractivity contribution in [2.75, 3.05) is 18.6 Å². The maximum absolute atomic E-state index is 12.0. The van der Waals surface area contributed by atoms with Gasteiger partial charge in [-0.1, -0.05) is 109 Å². The van der Waals surface area contributed by atoms with Crippen LogP contribution in [0.25, 0.3) is 6.08 Å². The number of benzene rings is 2. The molecule has 0 amide bonds. The molecule has 2 aliphatic rings. The molecule has 0 saturated carbocycles. The zero-order chi connectivity index (χ0) is 31.7. The molecule has 0 saturated heterocycles. The van der Waals surface area contributed by atoms with Crippen LogP contribution < -0.4 is 14.4 Å². The average molecular weight is 608 g/mol. The zero-order valence-electron chi connectivity index (χ0n) is 26.9. The van der Waals surface area contributed by atoms with Gasteiger partial charge in [0.15, 0.2) is 11.5 Å². The van der Waals surface area contributed by atoms with Crippen molar-refractivity contribution in [3.8, 4) is 11.5 Å². The number of unbranched alkanes of at least 4 members (excludes halogenated alkanes) is 13. The molecule has 0 aliphatic carbocycles. The number of anilines is 1. The maximum atomic E-state index is 12.0. The van der Waals surface area contributed by atoms with Gasteiger partial charge in [0.05, 0.1) is 28.4 Å². The van der Waals surface area contributed by atoms with Crippen LogP contribution in [0, 0.1) is 20.2 Å². The summed E-state index contributed by atoms with van der Waals surface area (Å²) in [5.41, 5.74) is -0.501. The van der Waals surface area contributed by atoms with Gasteiger partial charge >= 0.3 is 11.4 Å². The van der Waals surface area contributed by atoms with E-state index >= 15 is 0 Å². The van der Waals surface area contributed by atoms with Crippen molar-refractivity contribution in [2.24, 2.45) is 0 Å². The molecule has 0 N–H and O–H groups in total. The van der Waals surface area contributed by atoms with E-state index in [2.05, 4.69) is 37.8 Å². The Balaban J connectivity index is 1.43. The Labute approximate surface area is 261 Å². The molecule has 4 rings (SSSR count). The first-order chi connectivity index (χ1) is 21.2. The number of rotatable bonds is 18. The molecule has 1 atom stereocenters. The Bertz CT molecular complexity index is 1340. The smallest absolute Gasteiger partial charge is 0.357 e. The number of fused-ring (bicyclic) bond motifs is 2. The number of nitro groups is 2. The first-order valence-corrected chi connectivity index (χ1v) is 16.5. The van der Waals surface area contributed by atoms with Crippen molar-refractivity contribution in [1.29, 1.82) is 0 Å². The number of nitro benzene ring substituents is 2. The molecule has 0 aromatic heterocycles. The van der Waals surface area contributed by atoms with Crippen molar-refractivity contribution in [2.45, 2.75) is 122 Å². The van der Waals surface area contributed by atoms with Crippen LogP contribution >= 0.6 is 0 Å². The second-order valence-electron chi connectivity index (χ2n) is 12.7. The van der Waals surface area contributed by atoms with Gasteiger partial charge in [-0.05, 0) is 44.1 Å². The van der Waals surface area contributed by atoms with E-state index < -0.39 is 32.4 Å². The van der Waals surface area contributed by atoms with Gasteiger partial charge in [0.25, 0.3) is 0 Å². The minimum absolute atomic E-state index is 0.0508. The van der Waals surface area contributed by atoms with Crippen LogP contribution in [0.4, 0.5) is 17.1 Å². The highest BCUT2D eigenvalue weighted by Gasteiger charge is 2.59. The van der Waals surface area contributed by atoms with E-state index in [0.717, 1.165) is 36.7 Å². The summed E-state index contributed by atoms with van der Waals surface area (Å²) in [6.07, 6.45) is 21.5. The van der Waals surface area contributed by atoms with Crippen molar-refractivity contribution in [1.82, 2.24) is 0 Å². The van der Waals surface area contributed by atoms with Crippen molar-refractivity contribution in [3.63, 3.8) is 0 Å². The summed E-state index contributed by atoms with van der Waals surface area (Å²) in [4.78, 5) is 24.5. The molecule has 1 spiro atoms. The van der Waals surface area contributed by atoms with E-state index in [1.807, 2.05) is 18.2 Å². The van der Waals surface area contributed by atoms with E-state index in [1.165, 1.54) is 84.2 Å². The molecule has 1 unspecified atom stereocenters. The summed E-state index contributed by atoms with van der Waals surface area (Å²) in [5, 5.41) is 23.7. The lowest BCUT2D eigenvalue weighted by molar-refractivity contribution is -0.422. The molecule has 2 aliphatic heterocycles. The van der Waals surface area contributed by atoms with E-state index in [9.17, 15) is 20.2 Å². The highest BCUT2D eigenvalue weighted by atomic mass is 16.6. The first-order valence-electron chi connectivity index (χ1n) is 16.5. The Hall–Kier alpha value is -3.62. The van der Waals surface area contributed by atoms with Crippen molar-refractivity contribution < 1.29 is 19.3 Å². The third-order valence-electron chi connectivity index (χ3n) is 9.47. The highest BCUT2D eigenvalue weighted by Crippen LogP contribution is 2.58. The van der Waals surface area contributed by atoms with Crippen LogP contribution in [0.3, 0.4) is 0 Å². The van der Waals surface area contributed by atoms with Gasteiger partial charge in [-0.15, -0.1) is 0 Å². The van der Waals surface area contributed by atoms with E-state index in [0.29, 0.717) is 0 Å². The Morgan fingerprint density at radius 1 is 0.841 bits per heavy atom. The molecule has 44 heavy (non-hydrogen) atoms. The Morgan fingerprint density at radius 2 is 1.41 bits per heavy atom.